The van der Waals surface area contributed by atoms with Gasteiger partial charge in [0, 0.05) is 30.6 Å². The van der Waals surface area contributed by atoms with E-state index in [1.165, 1.54) is 5.57 Å². The number of H-pyrrole nitrogens is 1. The smallest absolute Gasteiger partial charge is 0.319 e. The van der Waals surface area contributed by atoms with Crippen LogP contribution >= 0.6 is 0 Å². The van der Waals surface area contributed by atoms with Crippen LogP contribution in [0.25, 0.3) is 33.1 Å². The van der Waals surface area contributed by atoms with E-state index in [4.69, 9.17) is 29.2 Å². The Kier molecular flexibility index (Phi) is 5.72. The summed E-state index contributed by atoms with van der Waals surface area (Å²) in [5, 5.41) is 8.63. The topological polar surface area (TPSA) is 102 Å². The first-order chi connectivity index (χ1) is 21.1. The number of pyridine rings is 1. The van der Waals surface area contributed by atoms with Crippen molar-refractivity contribution in [3.8, 4) is 23.1 Å². The molecule has 11 heteroatoms. The highest BCUT2D eigenvalue weighted by Gasteiger charge is 2.47. The van der Waals surface area contributed by atoms with Crippen molar-refractivity contribution in [3.63, 3.8) is 0 Å². The number of aromatic nitrogens is 5. The molecule has 3 aromatic heterocycles. The van der Waals surface area contributed by atoms with Crippen LogP contribution in [0.1, 0.15) is 50.0 Å². The van der Waals surface area contributed by atoms with Crippen LogP contribution in [0.2, 0.25) is 0 Å². The number of benzene rings is 1. The van der Waals surface area contributed by atoms with Gasteiger partial charge in [-0.2, -0.15) is 15.1 Å². The van der Waals surface area contributed by atoms with Crippen molar-refractivity contribution in [1.29, 1.82) is 0 Å². The number of fused-ring (bicyclic) bond motifs is 4. The number of nitrogens with zero attached hydrogens (tertiary/aromatic N) is 6. The van der Waals surface area contributed by atoms with E-state index in [0.717, 1.165) is 73.6 Å². The molecule has 0 unspecified atom stereocenters. The third-order valence-electron chi connectivity index (χ3n) is 9.95. The lowest BCUT2D eigenvalue weighted by atomic mass is 9.94. The average molecular weight is 584 g/mol. The molecule has 4 fully saturated rings. The highest BCUT2D eigenvalue weighted by Crippen LogP contribution is 2.49. The molecule has 3 saturated heterocycles. The van der Waals surface area contributed by atoms with Crippen LogP contribution in [0, 0.1) is 5.82 Å². The molecule has 5 aliphatic rings. The van der Waals surface area contributed by atoms with Crippen molar-refractivity contribution in [2.45, 2.75) is 56.0 Å². The van der Waals surface area contributed by atoms with Crippen molar-refractivity contribution in [2.24, 2.45) is 0 Å². The zero-order chi connectivity index (χ0) is 28.7. The summed E-state index contributed by atoms with van der Waals surface area (Å²) in [6, 6.07) is 4.18. The summed E-state index contributed by atoms with van der Waals surface area (Å²) in [6.45, 7) is 8.84. The molecule has 0 radical (unpaired) electrons. The van der Waals surface area contributed by atoms with E-state index in [1.54, 1.807) is 6.20 Å². The van der Waals surface area contributed by atoms with Gasteiger partial charge in [0.15, 0.2) is 5.82 Å². The lowest BCUT2D eigenvalue weighted by Crippen LogP contribution is -2.43. The molecule has 1 saturated carbocycles. The van der Waals surface area contributed by atoms with Gasteiger partial charge in [0.2, 0.25) is 5.88 Å². The largest absolute Gasteiger partial charge is 0.475 e. The van der Waals surface area contributed by atoms with Crippen molar-refractivity contribution >= 4 is 27.6 Å². The minimum atomic E-state index is -0.495. The molecule has 0 spiro atoms. The number of aromatic amines is 1. The maximum atomic E-state index is 17.0. The molecule has 1 aliphatic carbocycles. The highest BCUT2D eigenvalue weighted by molar-refractivity contribution is 6.01. The second-order valence-corrected chi connectivity index (χ2v) is 12.8. The number of halogens is 1. The van der Waals surface area contributed by atoms with Gasteiger partial charge in [-0.1, -0.05) is 18.2 Å². The SMILES string of the molecule is C=C1CN2CCC[C@@]2(COc2nc3c4c(nc(-c5c(C6CC6)ccc6[nH]ncc56)c(F)c4n2)OC[C@@H]2COCCCN32)C1. The van der Waals surface area contributed by atoms with E-state index in [-0.39, 0.29) is 28.8 Å². The molecule has 10 nitrogen and oxygen atoms in total. The van der Waals surface area contributed by atoms with Crippen molar-refractivity contribution in [3.05, 3.63) is 41.9 Å². The monoisotopic (exact) mass is 583 g/mol. The fourth-order valence-corrected chi connectivity index (χ4v) is 7.75. The Hall–Kier alpha value is -3.83. The van der Waals surface area contributed by atoms with Crippen LogP contribution in [-0.4, -0.2) is 87.7 Å². The first kappa shape index (κ1) is 25.6. The lowest BCUT2D eigenvalue weighted by Gasteiger charge is -2.31. The van der Waals surface area contributed by atoms with Gasteiger partial charge in [0.1, 0.15) is 35.6 Å². The zero-order valence-electron chi connectivity index (χ0n) is 24.1. The van der Waals surface area contributed by atoms with E-state index in [9.17, 15) is 0 Å². The van der Waals surface area contributed by atoms with E-state index in [0.29, 0.717) is 56.0 Å². The number of hydrogen-bond acceptors (Lipinski definition) is 9. The van der Waals surface area contributed by atoms with Crippen LogP contribution in [0.3, 0.4) is 0 Å². The maximum absolute atomic E-state index is 17.0. The van der Waals surface area contributed by atoms with Gasteiger partial charge in [0.25, 0.3) is 0 Å². The van der Waals surface area contributed by atoms with Crippen LogP contribution in [0.4, 0.5) is 10.2 Å². The Balaban J connectivity index is 1.23. The Morgan fingerprint density at radius 3 is 2.98 bits per heavy atom. The number of rotatable bonds is 5. The molecule has 4 aliphatic heterocycles. The van der Waals surface area contributed by atoms with Gasteiger partial charge in [-0.25, -0.2) is 9.37 Å². The summed E-state index contributed by atoms with van der Waals surface area (Å²) < 4.78 is 35.7. The number of ether oxygens (including phenoxy) is 3. The molecule has 9 rings (SSSR count). The van der Waals surface area contributed by atoms with Crippen LogP contribution in [0.15, 0.2) is 30.5 Å². The Labute approximate surface area is 248 Å². The summed E-state index contributed by atoms with van der Waals surface area (Å²) in [7, 11) is 0. The molecule has 2 atom stereocenters. The number of hydrogen-bond donors (Lipinski definition) is 1. The van der Waals surface area contributed by atoms with Gasteiger partial charge >= 0.3 is 6.01 Å². The van der Waals surface area contributed by atoms with Gasteiger partial charge in [0.05, 0.1) is 29.9 Å². The van der Waals surface area contributed by atoms with E-state index in [2.05, 4.69) is 32.6 Å². The van der Waals surface area contributed by atoms with Gasteiger partial charge in [-0.15, -0.1) is 0 Å². The molecule has 43 heavy (non-hydrogen) atoms. The van der Waals surface area contributed by atoms with E-state index < -0.39 is 5.82 Å². The minimum absolute atomic E-state index is 0.0874. The Morgan fingerprint density at radius 2 is 2.07 bits per heavy atom. The Bertz CT molecular complexity index is 1790. The molecule has 0 bridgehead atoms. The van der Waals surface area contributed by atoms with Gasteiger partial charge in [-0.3, -0.25) is 10.00 Å². The molecule has 4 aromatic rings. The molecule has 0 amide bonds. The summed E-state index contributed by atoms with van der Waals surface area (Å²) in [4.78, 5) is 19.2. The van der Waals surface area contributed by atoms with Crippen molar-refractivity contribution < 1.29 is 18.6 Å². The van der Waals surface area contributed by atoms with E-state index in [1.807, 2.05) is 6.07 Å². The van der Waals surface area contributed by atoms with Crippen LogP contribution in [-0.2, 0) is 4.74 Å². The quantitative estimate of drug-likeness (QED) is 0.334. The van der Waals surface area contributed by atoms with Crippen LogP contribution in [0.5, 0.6) is 11.9 Å². The second kappa shape index (κ2) is 9.59. The predicted octanol–water partition coefficient (Wildman–Crippen LogP) is 4.75. The lowest BCUT2D eigenvalue weighted by molar-refractivity contribution is 0.108. The fraction of sp³-hybridized carbons (Fsp3) is 0.500. The number of anilines is 1. The standard InChI is InChI=1S/C32H34FN7O3/c1-18-12-32(8-2-9-39(32)14-18)17-43-31-36-28-25-29(37-31)40-10-3-11-41-15-20(40)16-42-30(25)35-27(26(28)33)24-21(19-4-5-19)6-7-23-22(24)13-34-38-23/h6-7,13,19-20H,1-5,8-12,14-17H2,(H,34,38)/t20-,32-/m0/s1. The first-order valence-corrected chi connectivity index (χ1v) is 15.5. The summed E-state index contributed by atoms with van der Waals surface area (Å²) >= 11 is 0. The fourth-order valence-electron chi connectivity index (χ4n) is 7.75. The van der Waals surface area contributed by atoms with Crippen molar-refractivity contribution in [2.75, 3.05) is 51.0 Å². The predicted molar refractivity (Wildman–Crippen MR) is 159 cm³/mol. The Morgan fingerprint density at radius 1 is 1.14 bits per heavy atom. The number of nitrogens with one attached hydrogen (secondary N) is 1. The zero-order valence-corrected chi connectivity index (χ0v) is 24.1. The third-order valence-corrected chi connectivity index (χ3v) is 9.95. The molecular weight excluding hydrogens is 549 g/mol. The maximum Gasteiger partial charge on any atom is 0.319 e. The summed E-state index contributed by atoms with van der Waals surface area (Å²) in [5.41, 5.74) is 4.19. The second-order valence-electron chi connectivity index (χ2n) is 12.8. The summed E-state index contributed by atoms with van der Waals surface area (Å²) in [6.07, 6.45) is 7.79. The third kappa shape index (κ3) is 4.04. The van der Waals surface area contributed by atoms with Crippen LogP contribution < -0.4 is 14.4 Å². The molecule has 1 N–H and O–H groups in total. The highest BCUT2D eigenvalue weighted by atomic mass is 19.1. The van der Waals surface area contributed by atoms with Crippen molar-refractivity contribution in [1.82, 2.24) is 30.0 Å². The first-order valence-electron chi connectivity index (χ1n) is 15.5. The molecule has 222 valence electrons. The molecule has 1 aromatic carbocycles. The van der Waals surface area contributed by atoms with Gasteiger partial charge < -0.3 is 19.1 Å². The molecule has 7 heterocycles. The molecular formula is C32H34FN7O3. The average Bonchev–Trinajstić information content (AvgIpc) is 3.62. The minimum Gasteiger partial charge on any atom is -0.475 e. The summed E-state index contributed by atoms with van der Waals surface area (Å²) in [5.74, 6) is 0.819. The van der Waals surface area contributed by atoms with Gasteiger partial charge in [-0.05, 0) is 62.6 Å². The normalized spacial score (nSPS) is 25.5. The van der Waals surface area contributed by atoms with E-state index >= 15 is 4.39 Å².